The molecule has 0 aliphatic carbocycles. The van der Waals surface area contributed by atoms with Gasteiger partial charge < -0.3 is 0 Å². The Morgan fingerprint density at radius 1 is 1.45 bits per heavy atom. The van der Waals surface area contributed by atoms with Crippen LogP contribution in [-0.2, 0) is 4.79 Å². The summed E-state index contributed by atoms with van der Waals surface area (Å²) in [5, 5.41) is 0. The van der Waals surface area contributed by atoms with Crippen molar-refractivity contribution in [3.8, 4) is 0 Å². The number of unbranched alkanes of at least 4 members (excludes halogenated alkanes) is 1. The van der Waals surface area contributed by atoms with Crippen LogP contribution in [0.4, 0.5) is 0 Å². The lowest BCUT2D eigenvalue weighted by Crippen LogP contribution is -1.99. The molecule has 1 nitrogen and oxygen atoms in total. The highest BCUT2D eigenvalue weighted by Crippen LogP contribution is 2.06. The minimum absolute atomic E-state index is 0.405. The van der Waals surface area contributed by atoms with Crippen LogP contribution in [0.15, 0.2) is 0 Å². The lowest BCUT2D eigenvalue weighted by molar-refractivity contribution is -0.119. The monoisotopic (exact) mass is 155 g/mol. The van der Waals surface area contributed by atoms with Crippen molar-refractivity contribution >= 4 is 5.78 Å². The van der Waals surface area contributed by atoms with Gasteiger partial charge in [-0.25, -0.2) is 0 Å². The number of carbonyl (C=O) groups is 1. The second-order valence-corrected chi connectivity index (χ2v) is 3.29. The molecule has 0 aromatic carbocycles. The number of Topliss-reactive ketones (excluding diaryl/α,β-unsaturated/α-hetero) is 1. The predicted octanol–water partition coefficient (Wildman–Crippen LogP) is 3.00. The van der Waals surface area contributed by atoms with E-state index >= 15 is 0 Å². The van der Waals surface area contributed by atoms with Crippen LogP contribution in [0.2, 0.25) is 0 Å². The van der Waals surface area contributed by atoms with Crippen LogP contribution in [0.3, 0.4) is 0 Å². The Morgan fingerprint density at radius 2 is 2.09 bits per heavy atom. The van der Waals surface area contributed by atoms with Crippen molar-refractivity contribution in [2.24, 2.45) is 5.92 Å². The molecule has 0 saturated carbocycles. The van der Waals surface area contributed by atoms with E-state index in [1.165, 1.54) is 0 Å². The van der Waals surface area contributed by atoms with Crippen molar-refractivity contribution in [2.75, 3.05) is 0 Å². The lowest BCUT2D eigenvalue weighted by atomic mass is 10.0. The first-order chi connectivity index (χ1) is 5.16. The molecule has 0 spiro atoms. The Bertz CT molecular complexity index is 105. The van der Waals surface area contributed by atoms with E-state index < -0.39 is 0 Å². The van der Waals surface area contributed by atoms with Gasteiger partial charge in [-0.05, 0) is 18.8 Å². The van der Waals surface area contributed by atoms with Gasteiger partial charge in [0.25, 0.3) is 0 Å². The topological polar surface area (TPSA) is 17.1 Å². The number of carbonyl (C=O) groups excluding carboxylic acids is 1. The molecule has 1 atom stereocenters. The van der Waals surface area contributed by atoms with Crippen LogP contribution in [0.5, 0.6) is 0 Å². The van der Waals surface area contributed by atoms with E-state index in [-0.39, 0.29) is 0 Å². The summed E-state index contributed by atoms with van der Waals surface area (Å²) >= 11 is 0. The second-order valence-electron chi connectivity index (χ2n) is 3.29. The minimum atomic E-state index is 0.405. The van der Waals surface area contributed by atoms with Gasteiger partial charge in [-0.1, -0.05) is 27.2 Å². The predicted molar refractivity (Wildman–Crippen MR) is 48.3 cm³/mol. The first-order valence-corrected chi connectivity index (χ1v) is 4.51. The second kappa shape index (κ2) is 6.38. The van der Waals surface area contributed by atoms with E-state index in [1.54, 1.807) is 0 Å². The van der Waals surface area contributed by atoms with E-state index in [2.05, 4.69) is 13.8 Å². The fraction of sp³-hybridized carbons (Fsp3) is 0.800. The lowest BCUT2D eigenvalue weighted by Gasteiger charge is -2.02. The number of hydrogen-bond donors (Lipinski definition) is 0. The molecule has 0 rings (SSSR count). The van der Waals surface area contributed by atoms with Crippen LogP contribution in [0.25, 0.3) is 0 Å². The maximum atomic E-state index is 11.1. The molecule has 1 radical (unpaired) electrons. The summed E-state index contributed by atoms with van der Waals surface area (Å²) in [4.78, 5) is 11.1. The number of ketones is 1. The molecule has 65 valence electrons. The summed E-state index contributed by atoms with van der Waals surface area (Å²) in [6.07, 6.45) is 4.60. The van der Waals surface area contributed by atoms with Crippen molar-refractivity contribution in [1.82, 2.24) is 0 Å². The summed E-state index contributed by atoms with van der Waals surface area (Å²) < 4.78 is 0. The van der Waals surface area contributed by atoms with Crippen LogP contribution in [-0.4, -0.2) is 5.78 Å². The van der Waals surface area contributed by atoms with Gasteiger partial charge in [0.1, 0.15) is 5.78 Å². The fourth-order valence-corrected chi connectivity index (χ4v) is 0.906. The Hall–Kier alpha value is -0.330. The Kier molecular flexibility index (Phi) is 6.19. The third-order valence-corrected chi connectivity index (χ3v) is 1.73. The summed E-state index contributed by atoms with van der Waals surface area (Å²) in [6.45, 7) is 8.00. The fourth-order valence-electron chi connectivity index (χ4n) is 0.906. The molecule has 1 heteroatoms. The standard InChI is InChI=1S/C10H19O/c1-4-5-6-10(11)8-7-9(2)3/h9H,2,4-8H2,1,3H3. The Labute approximate surface area is 70.2 Å². The number of rotatable bonds is 6. The van der Waals surface area contributed by atoms with E-state index in [9.17, 15) is 4.79 Å². The van der Waals surface area contributed by atoms with Crippen molar-refractivity contribution in [2.45, 2.75) is 46.0 Å². The molecule has 0 heterocycles. The van der Waals surface area contributed by atoms with Gasteiger partial charge in [0.05, 0.1) is 0 Å². The van der Waals surface area contributed by atoms with Gasteiger partial charge in [0, 0.05) is 12.8 Å². The zero-order valence-electron chi connectivity index (χ0n) is 7.73. The van der Waals surface area contributed by atoms with Crippen molar-refractivity contribution in [3.63, 3.8) is 0 Å². The molecule has 0 aromatic heterocycles. The SMILES string of the molecule is [CH2]C(C)CCC(=O)CCCC. The highest BCUT2D eigenvalue weighted by atomic mass is 16.1. The van der Waals surface area contributed by atoms with E-state index in [0.29, 0.717) is 11.7 Å². The summed E-state index contributed by atoms with van der Waals surface area (Å²) in [6, 6.07) is 0. The van der Waals surface area contributed by atoms with Gasteiger partial charge in [0.2, 0.25) is 0 Å². The normalized spacial score (nSPS) is 10.5. The smallest absolute Gasteiger partial charge is 0.132 e. The van der Waals surface area contributed by atoms with Gasteiger partial charge in [-0.15, -0.1) is 0 Å². The Balaban J connectivity index is 3.23. The summed E-state index contributed by atoms with van der Waals surface area (Å²) in [5.74, 6) is 0.822. The molecule has 0 aliphatic heterocycles. The zero-order valence-corrected chi connectivity index (χ0v) is 7.73. The van der Waals surface area contributed by atoms with Crippen molar-refractivity contribution in [1.29, 1.82) is 0 Å². The van der Waals surface area contributed by atoms with Gasteiger partial charge in [-0.3, -0.25) is 4.79 Å². The third-order valence-electron chi connectivity index (χ3n) is 1.73. The van der Waals surface area contributed by atoms with Crippen LogP contribution < -0.4 is 0 Å². The Morgan fingerprint density at radius 3 is 2.55 bits per heavy atom. The molecule has 0 amide bonds. The average Bonchev–Trinajstić information content (AvgIpc) is 1.97. The summed E-state index contributed by atoms with van der Waals surface area (Å²) in [7, 11) is 0. The van der Waals surface area contributed by atoms with Crippen molar-refractivity contribution in [3.05, 3.63) is 6.92 Å². The molecule has 0 aliphatic rings. The maximum absolute atomic E-state index is 11.1. The largest absolute Gasteiger partial charge is 0.300 e. The minimum Gasteiger partial charge on any atom is -0.300 e. The molecule has 11 heavy (non-hydrogen) atoms. The van der Waals surface area contributed by atoms with Gasteiger partial charge >= 0.3 is 0 Å². The molecule has 0 saturated heterocycles. The molecular weight excluding hydrogens is 136 g/mol. The zero-order chi connectivity index (χ0) is 8.69. The molecule has 1 unspecified atom stereocenters. The molecule has 0 aromatic rings. The first-order valence-electron chi connectivity index (χ1n) is 4.51. The van der Waals surface area contributed by atoms with E-state index in [1.807, 2.05) is 6.92 Å². The van der Waals surface area contributed by atoms with E-state index in [0.717, 1.165) is 32.1 Å². The average molecular weight is 155 g/mol. The van der Waals surface area contributed by atoms with Crippen LogP contribution >= 0.6 is 0 Å². The van der Waals surface area contributed by atoms with Gasteiger partial charge in [-0.2, -0.15) is 0 Å². The molecule has 0 fully saturated rings. The van der Waals surface area contributed by atoms with Crippen LogP contribution in [0.1, 0.15) is 46.0 Å². The quantitative estimate of drug-likeness (QED) is 0.576. The number of hydrogen-bond acceptors (Lipinski definition) is 1. The third kappa shape index (κ3) is 7.57. The van der Waals surface area contributed by atoms with Crippen molar-refractivity contribution < 1.29 is 4.79 Å². The highest BCUT2D eigenvalue weighted by molar-refractivity contribution is 5.78. The molecular formula is C10H19O. The van der Waals surface area contributed by atoms with Crippen LogP contribution in [0, 0.1) is 12.8 Å². The van der Waals surface area contributed by atoms with Gasteiger partial charge in [0.15, 0.2) is 0 Å². The molecule has 0 N–H and O–H groups in total. The maximum Gasteiger partial charge on any atom is 0.132 e. The highest BCUT2D eigenvalue weighted by Gasteiger charge is 2.02. The summed E-state index contributed by atoms with van der Waals surface area (Å²) in [5.41, 5.74) is 0. The van der Waals surface area contributed by atoms with E-state index in [4.69, 9.17) is 0 Å². The first kappa shape index (κ1) is 10.7. The molecule has 0 bridgehead atoms.